The van der Waals surface area contributed by atoms with Crippen LogP contribution in [0.15, 0.2) is 41.3 Å². The Balaban J connectivity index is 2.18. The molecule has 0 aliphatic rings. The summed E-state index contributed by atoms with van der Waals surface area (Å²) in [6.45, 7) is 0. The molecule has 20 heavy (non-hydrogen) atoms. The van der Waals surface area contributed by atoms with Gasteiger partial charge in [-0.1, -0.05) is 23.2 Å². The molecular weight excluding hydrogens is 323 g/mol. The van der Waals surface area contributed by atoms with Gasteiger partial charge in [-0.2, -0.15) is 0 Å². The van der Waals surface area contributed by atoms with E-state index in [9.17, 15) is 13.2 Å². The molecule has 0 fully saturated rings. The van der Waals surface area contributed by atoms with Crippen LogP contribution >= 0.6 is 23.2 Å². The second kappa shape index (κ2) is 5.87. The highest BCUT2D eigenvalue weighted by Crippen LogP contribution is 2.21. The molecule has 0 radical (unpaired) electrons. The van der Waals surface area contributed by atoms with Crippen molar-refractivity contribution in [2.24, 2.45) is 0 Å². The van der Waals surface area contributed by atoms with E-state index in [0.717, 1.165) is 0 Å². The molecule has 1 heterocycles. The molecular formula is C12H10Cl2N2O3S. The number of H-pyrrole nitrogens is 1. The molecule has 0 atom stereocenters. The van der Waals surface area contributed by atoms with Crippen LogP contribution in [-0.2, 0) is 15.8 Å². The lowest BCUT2D eigenvalue weighted by molar-refractivity contribution is 0.600. The van der Waals surface area contributed by atoms with Crippen LogP contribution in [0.2, 0.25) is 10.0 Å². The Kier molecular flexibility index (Phi) is 4.37. The maximum absolute atomic E-state index is 12.0. The van der Waals surface area contributed by atoms with E-state index >= 15 is 0 Å². The Morgan fingerprint density at radius 3 is 2.30 bits per heavy atom. The van der Waals surface area contributed by atoms with Crippen molar-refractivity contribution in [1.82, 2.24) is 4.98 Å². The largest absolute Gasteiger partial charge is 0.327 e. The van der Waals surface area contributed by atoms with Crippen LogP contribution in [0.1, 0.15) is 5.56 Å². The monoisotopic (exact) mass is 332 g/mol. The second-order valence-corrected chi connectivity index (χ2v) is 6.68. The summed E-state index contributed by atoms with van der Waals surface area (Å²) in [5.74, 6) is -0.271. The zero-order valence-corrected chi connectivity index (χ0v) is 12.4. The average Bonchev–Trinajstić information content (AvgIpc) is 2.29. The van der Waals surface area contributed by atoms with Crippen molar-refractivity contribution in [1.29, 1.82) is 0 Å². The predicted molar refractivity (Wildman–Crippen MR) is 79.8 cm³/mol. The zero-order chi connectivity index (χ0) is 14.8. The van der Waals surface area contributed by atoms with E-state index in [0.29, 0.717) is 15.6 Å². The highest BCUT2D eigenvalue weighted by atomic mass is 35.5. The minimum absolute atomic E-state index is 0.271. The summed E-state index contributed by atoms with van der Waals surface area (Å²) in [4.78, 5) is 13.3. The molecule has 2 aromatic rings. The van der Waals surface area contributed by atoms with Crippen molar-refractivity contribution in [3.8, 4) is 0 Å². The molecule has 8 heteroatoms. The Bertz CT molecular complexity index is 747. The summed E-state index contributed by atoms with van der Waals surface area (Å²) in [6, 6.07) is 7.18. The number of hydrogen-bond donors (Lipinski definition) is 2. The van der Waals surface area contributed by atoms with Gasteiger partial charge in [0.25, 0.3) is 0 Å². The lowest BCUT2D eigenvalue weighted by atomic mass is 10.2. The Hall–Kier alpha value is -1.50. The average molecular weight is 333 g/mol. The lowest BCUT2D eigenvalue weighted by Gasteiger charge is -2.08. The van der Waals surface area contributed by atoms with Gasteiger partial charge in [-0.15, -0.1) is 0 Å². The topological polar surface area (TPSA) is 79.0 Å². The molecule has 2 rings (SSSR count). The van der Waals surface area contributed by atoms with Gasteiger partial charge in [0.15, 0.2) is 0 Å². The number of rotatable bonds is 4. The SMILES string of the molecule is O=c1ccc(NS(=O)(=O)Cc2cc(Cl)cc(Cl)c2)c[nH]1. The van der Waals surface area contributed by atoms with Crippen molar-refractivity contribution in [3.05, 3.63) is 62.5 Å². The van der Waals surface area contributed by atoms with E-state index in [2.05, 4.69) is 9.71 Å². The van der Waals surface area contributed by atoms with Gasteiger partial charge in [-0.05, 0) is 29.8 Å². The van der Waals surface area contributed by atoms with Crippen molar-refractivity contribution < 1.29 is 8.42 Å². The van der Waals surface area contributed by atoms with Crippen molar-refractivity contribution in [3.63, 3.8) is 0 Å². The van der Waals surface area contributed by atoms with Gasteiger partial charge in [0, 0.05) is 22.3 Å². The number of benzene rings is 1. The molecule has 0 unspecified atom stereocenters. The normalized spacial score (nSPS) is 11.3. The molecule has 1 aromatic carbocycles. The van der Waals surface area contributed by atoms with Gasteiger partial charge in [-0.3, -0.25) is 9.52 Å². The summed E-state index contributed by atoms with van der Waals surface area (Å²) < 4.78 is 26.3. The third-order valence-electron chi connectivity index (χ3n) is 2.34. The first-order chi connectivity index (χ1) is 9.34. The summed E-state index contributed by atoms with van der Waals surface area (Å²) in [5, 5.41) is 0.735. The number of hydrogen-bond acceptors (Lipinski definition) is 3. The molecule has 0 saturated heterocycles. The Morgan fingerprint density at radius 1 is 1.10 bits per heavy atom. The minimum atomic E-state index is -3.62. The number of nitrogens with one attached hydrogen (secondary N) is 2. The van der Waals surface area contributed by atoms with Crippen molar-refractivity contribution >= 4 is 38.9 Å². The second-order valence-electron chi connectivity index (χ2n) is 4.08. The fourth-order valence-electron chi connectivity index (χ4n) is 1.60. The number of anilines is 1. The van der Waals surface area contributed by atoms with Gasteiger partial charge in [0.1, 0.15) is 0 Å². The maximum Gasteiger partial charge on any atom is 0.248 e. The minimum Gasteiger partial charge on any atom is -0.327 e. The number of halogens is 2. The molecule has 0 spiro atoms. The Labute approximate surface area is 125 Å². The van der Waals surface area contributed by atoms with Gasteiger partial charge in [0.2, 0.25) is 15.6 Å². The van der Waals surface area contributed by atoms with Gasteiger partial charge in [-0.25, -0.2) is 8.42 Å². The summed E-state index contributed by atoms with van der Waals surface area (Å²) in [5.41, 5.74) is 0.437. The fraction of sp³-hybridized carbons (Fsp3) is 0.0833. The quantitative estimate of drug-likeness (QED) is 0.903. The first kappa shape index (κ1) is 14.9. The van der Waals surface area contributed by atoms with Crippen LogP contribution in [0.4, 0.5) is 5.69 Å². The number of aromatic nitrogens is 1. The van der Waals surface area contributed by atoms with Crippen molar-refractivity contribution in [2.45, 2.75) is 5.75 Å². The van der Waals surface area contributed by atoms with E-state index in [1.54, 1.807) is 0 Å². The van der Waals surface area contributed by atoms with E-state index in [4.69, 9.17) is 23.2 Å². The number of pyridine rings is 1. The third kappa shape index (κ3) is 4.26. The summed E-state index contributed by atoms with van der Waals surface area (Å²) in [7, 11) is -3.62. The van der Waals surface area contributed by atoms with Gasteiger partial charge in [0.05, 0.1) is 11.4 Å². The van der Waals surface area contributed by atoms with E-state index in [1.807, 2.05) is 0 Å². The number of sulfonamides is 1. The van der Waals surface area contributed by atoms with Gasteiger partial charge >= 0.3 is 0 Å². The predicted octanol–water partition coefficient (Wildman–Crippen LogP) is 2.62. The van der Waals surface area contributed by atoms with Crippen LogP contribution in [0.5, 0.6) is 0 Å². The Morgan fingerprint density at radius 2 is 1.75 bits per heavy atom. The first-order valence-electron chi connectivity index (χ1n) is 5.48. The molecule has 106 valence electrons. The van der Waals surface area contributed by atoms with E-state index < -0.39 is 10.0 Å². The smallest absolute Gasteiger partial charge is 0.248 e. The summed E-state index contributed by atoms with van der Waals surface area (Å²) >= 11 is 11.6. The summed E-state index contributed by atoms with van der Waals surface area (Å²) in [6.07, 6.45) is 1.28. The highest BCUT2D eigenvalue weighted by molar-refractivity contribution is 7.91. The first-order valence-corrected chi connectivity index (χ1v) is 7.89. The molecule has 0 amide bonds. The zero-order valence-electron chi connectivity index (χ0n) is 10.1. The van der Waals surface area contributed by atoms with E-state index in [-0.39, 0.29) is 17.0 Å². The third-order valence-corrected chi connectivity index (χ3v) is 4.03. The molecule has 0 bridgehead atoms. The van der Waals surface area contributed by atoms with Gasteiger partial charge < -0.3 is 4.98 Å². The van der Waals surface area contributed by atoms with Crippen LogP contribution in [0.25, 0.3) is 0 Å². The standard InChI is InChI=1S/C12H10Cl2N2O3S/c13-9-3-8(4-10(14)5-9)7-20(18,19)16-11-1-2-12(17)15-6-11/h1-6,16H,7H2,(H,15,17). The number of aromatic amines is 1. The molecule has 1 aromatic heterocycles. The van der Waals surface area contributed by atoms with Crippen LogP contribution in [0, 0.1) is 0 Å². The lowest BCUT2D eigenvalue weighted by Crippen LogP contribution is -2.16. The van der Waals surface area contributed by atoms with E-state index in [1.165, 1.54) is 36.5 Å². The van der Waals surface area contributed by atoms with Crippen LogP contribution in [0.3, 0.4) is 0 Å². The maximum atomic E-state index is 12.0. The van der Waals surface area contributed by atoms with Crippen molar-refractivity contribution in [2.75, 3.05) is 4.72 Å². The highest BCUT2D eigenvalue weighted by Gasteiger charge is 2.13. The molecule has 0 saturated carbocycles. The molecule has 0 aliphatic heterocycles. The molecule has 5 nitrogen and oxygen atoms in total. The van der Waals surface area contributed by atoms with Crippen LogP contribution < -0.4 is 10.3 Å². The molecule has 2 N–H and O–H groups in total. The van der Waals surface area contributed by atoms with Crippen LogP contribution in [-0.4, -0.2) is 13.4 Å². The fourth-order valence-corrected chi connectivity index (χ4v) is 3.34. The molecule has 0 aliphatic carbocycles.